The number of carboxylic acid groups (broad SMARTS) is 1. The molecule has 0 saturated heterocycles. The van der Waals surface area contributed by atoms with Gasteiger partial charge in [0.2, 0.25) is 0 Å². The maximum absolute atomic E-state index is 10.4. The second-order valence-corrected chi connectivity index (χ2v) is 5.48. The number of nitrogens with one attached hydrogen (secondary N) is 1. The number of aliphatic carboxylic acids is 1. The van der Waals surface area contributed by atoms with Crippen molar-refractivity contribution >= 4 is 11.7 Å². The number of carbonyl (C=O) groups is 1. The molecule has 21 heavy (non-hydrogen) atoms. The van der Waals surface area contributed by atoms with Crippen LogP contribution in [0.25, 0.3) is 11.1 Å². The third-order valence-corrected chi connectivity index (χ3v) is 3.94. The first kappa shape index (κ1) is 13.7. The van der Waals surface area contributed by atoms with Crippen LogP contribution in [-0.2, 0) is 11.2 Å². The highest BCUT2D eigenvalue weighted by atomic mass is 16.4. The van der Waals surface area contributed by atoms with E-state index >= 15 is 0 Å². The average molecular weight is 281 g/mol. The zero-order valence-electron chi connectivity index (χ0n) is 11.9. The summed E-state index contributed by atoms with van der Waals surface area (Å²) in [6.45, 7) is 0.818. The summed E-state index contributed by atoms with van der Waals surface area (Å²) in [5.41, 5.74) is 6.57. The first-order chi connectivity index (χ1) is 10.2. The Bertz CT molecular complexity index is 664. The first-order valence-electron chi connectivity index (χ1n) is 7.41. The van der Waals surface area contributed by atoms with Crippen LogP contribution in [0.4, 0.5) is 5.69 Å². The van der Waals surface area contributed by atoms with Gasteiger partial charge in [0.05, 0.1) is 0 Å². The van der Waals surface area contributed by atoms with E-state index in [1.54, 1.807) is 0 Å². The van der Waals surface area contributed by atoms with Gasteiger partial charge in [-0.2, -0.15) is 0 Å². The third-order valence-electron chi connectivity index (χ3n) is 3.94. The molecule has 108 valence electrons. The molecule has 0 fully saturated rings. The number of unbranched alkanes of at least 4 members (excludes halogenated alkanes) is 1. The van der Waals surface area contributed by atoms with Crippen LogP contribution in [0, 0.1) is 0 Å². The minimum absolute atomic E-state index is 0.251. The van der Waals surface area contributed by atoms with Gasteiger partial charge < -0.3 is 10.4 Å². The Morgan fingerprint density at radius 2 is 1.86 bits per heavy atom. The number of hydrogen-bond acceptors (Lipinski definition) is 2. The summed E-state index contributed by atoms with van der Waals surface area (Å²) >= 11 is 0. The third kappa shape index (κ3) is 3.07. The maximum Gasteiger partial charge on any atom is 0.303 e. The molecule has 0 spiro atoms. The fourth-order valence-electron chi connectivity index (χ4n) is 2.89. The Morgan fingerprint density at radius 3 is 2.71 bits per heavy atom. The van der Waals surface area contributed by atoms with Crippen LogP contribution in [0.1, 0.15) is 30.4 Å². The summed E-state index contributed by atoms with van der Waals surface area (Å²) in [6.07, 6.45) is 2.85. The van der Waals surface area contributed by atoms with Crippen molar-refractivity contribution in [2.24, 2.45) is 0 Å². The fraction of sp³-hybridized carbons (Fsp3) is 0.278. The van der Waals surface area contributed by atoms with Gasteiger partial charge in [0.15, 0.2) is 0 Å². The van der Waals surface area contributed by atoms with Gasteiger partial charge in [-0.25, -0.2) is 0 Å². The molecule has 1 aliphatic carbocycles. The largest absolute Gasteiger partial charge is 0.481 e. The number of carboxylic acids is 1. The Morgan fingerprint density at radius 1 is 1.05 bits per heavy atom. The summed E-state index contributed by atoms with van der Waals surface area (Å²) in [5.74, 6) is -0.717. The van der Waals surface area contributed by atoms with E-state index in [-0.39, 0.29) is 6.42 Å². The molecule has 0 heterocycles. The highest BCUT2D eigenvalue weighted by Gasteiger charge is 2.17. The van der Waals surface area contributed by atoms with Crippen molar-refractivity contribution in [3.8, 4) is 11.1 Å². The van der Waals surface area contributed by atoms with Crippen LogP contribution < -0.4 is 5.32 Å². The lowest BCUT2D eigenvalue weighted by Crippen LogP contribution is -2.03. The molecule has 0 atom stereocenters. The Hall–Kier alpha value is -2.29. The molecule has 2 aromatic carbocycles. The first-order valence-corrected chi connectivity index (χ1v) is 7.41. The van der Waals surface area contributed by atoms with Gasteiger partial charge in [-0.1, -0.05) is 30.3 Å². The van der Waals surface area contributed by atoms with E-state index in [0.29, 0.717) is 0 Å². The molecule has 0 aliphatic heterocycles. The number of fused-ring (bicyclic) bond motifs is 3. The summed E-state index contributed by atoms with van der Waals surface area (Å²) in [4.78, 5) is 10.4. The van der Waals surface area contributed by atoms with Crippen molar-refractivity contribution in [3.63, 3.8) is 0 Å². The number of anilines is 1. The monoisotopic (exact) mass is 281 g/mol. The molecule has 3 rings (SSSR count). The van der Waals surface area contributed by atoms with E-state index in [0.717, 1.165) is 31.5 Å². The molecule has 0 amide bonds. The quantitative estimate of drug-likeness (QED) is 0.673. The lowest BCUT2D eigenvalue weighted by atomic mass is 10.1. The highest BCUT2D eigenvalue weighted by Crippen LogP contribution is 2.37. The minimum atomic E-state index is -0.717. The van der Waals surface area contributed by atoms with E-state index < -0.39 is 5.97 Å². The smallest absolute Gasteiger partial charge is 0.303 e. The van der Waals surface area contributed by atoms with E-state index in [1.165, 1.54) is 22.3 Å². The summed E-state index contributed by atoms with van der Waals surface area (Å²) in [7, 11) is 0. The van der Waals surface area contributed by atoms with Crippen LogP contribution in [-0.4, -0.2) is 17.6 Å². The van der Waals surface area contributed by atoms with Crippen LogP contribution >= 0.6 is 0 Å². The van der Waals surface area contributed by atoms with Crippen LogP contribution in [0.15, 0.2) is 42.5 Å². The minimum Gasteiger partial charge on any atom is -0.481 e. The van der Waals surface area contributed by atoms with Crippen molar-refractivity contribution in [1.29, 1.82) is 0 Å². The molecule has 0 saturated carbocycles. The molecule has 3 nitrogen and oxygen atoms in total. The molecule has 0 bridgehead atoms. The van der Waals surface area contributed by atoms with Gasteiger partial charge >= 0.3 is 5.97 Å². The summed E-state index contributed by atoms with van der Waals surface area (Å²) in [5, 5.41) is 12.0. The molecule has 1 aliphatic rings. The molecular weight excluding hydrogens is 262 g/mol. The van der Waals surface area contributed by atoms with Crippen molar-refractivity contribution in [1.82, 2.24) is 0 Å². The molecule has 2 aromatic rings. The molecule has 2 N–H and O–H groups in total. The van der Waals surface area contributed by atoms with Gasteiger partial charge in [-0.15, -0.1) is 0 Å². The van der Waals surface area contributed by atoms with E-state index in [9.17, 15) is 4.79 Å². The second kappa shape index (κ2) is 6.00. The predicted molar refractivity (Wildman–Crippen MR) is 84.7 cm³/mol. The summed E-state index contributed by atoms with van der Waals surface area (Å²) < 4.78 is 0. The normalized spacial score (nSPS) is 11.8. The molecular formula is C18H19NO2. The number of benzene rings is 2. The van der Waals surface area contributed by atoms with Gasteiger partial charge in [0.1, 0.15) is 0 Å². The van der Waals surface area contributed by atoms with Gasteiger partial charge in [0.25, 0.3) is 0 Å². The molecule has 3 heteroatoms. The Labute approximate surface area is 124 Å². The predicted octanol–water partition coefficient (Wildman–Crippen LogP) is 3.92. The summed E-state index contributed by atoms with van der Waals surface area (Å²) in [6, 6.07) is 15.1. The van der Waals surface area contributed by atoms with Crippen molar-refractivity contribution in [2.75, 3.05) is 11.9 Å². The zero-order chi connectivity index (χ0) is 14.7. The maximum atomic E-state index is 10.4. The Balaban J connectivity index is 1.60. The number of hydrogen-bond donors (Lipinski definition) is 2. The van der Waals surface area contributed by atoms with Crippen LogP contribution in [0.5, 0.6) is 0 Å². The van der Waals surface area contributed by atoms with Crippen molar-refractivity contribution < 1.29 is 9.90 Å². The van der Waals surface area contributed by atoms with Gasteiger partial charge in [-0.3, -0.25) is 4.79 Å². The lowest BCUT2D eigenvalue weighted by molar-refractivity contribution is -0.137. The van der Waals surface area contributed by atoms with Crippen molar-refractivity contribution in [3.05, 3.63) is 53.6 Å². The van der Waals surface area contributed by atoms with E-state index in [2.05, 4.69) is 47.8 Å². The molecule has 0 aromatic heterocycles. The number of rotatable bonds is 6. The highest BCUT2D eigenvalue weighted by molar-refractivity contribution is 5.78. The topological polar surface area (TPSA) is 49.3 Å². The van der Waals surface area contributed by atoms with E-state index in [1.807, 2.05) is 0 Å². The molecule has 0 radical (unpaired) electrons. The van der Waals surface area contributed by atoms with Crippen LogP contribution in [0.2, 0.25) is 0 Å². The SMILES string of the molecule is O=C(O)CCCCNc1ccc2c(c1)Cc1ccccc1-2. The fourth-order valence-corrected chi connectivity index (χ4v) is 2.89. The molecule has 0 unspecified atom stereocenters. The second-order valence-electron chi connectivity index (χ2n) is 5.48. The van der Waals surface area contributed by atoms with Gasteiger partial charge in [-0.05, 0) is 53.6 Å². The zero-order valence-corrected chi connectivity index (χ0v) is 11.9. The lowest BCUT2D eigenvalue weighted by Gasteiger charge is -2.08. The standard InChI is InChI=1S/C18H19NO2/c20-18(21)7-3-4-10-19-15-8-9-17-14(12-15)11-13-5-1-2-6-16(13)17/h1-2,5-6,8-9,12,19H,3-4,7,10-11H2,(H,20,21). The van der Waals surface area contributed by atoms with Gasteiger partial charge in [0, 0.05) is 18.7 Å². The average Bonchev–Trinajstić information content (AvgIpc) is 2.84. The van der Waals surface area contributed by atoms with Crippen LogP contribution in [0.3, 0.4) is 0 Å². The van der Waals surface area contributed by atoms with E-state index in [4.69, 9.17) is 5.11 Å². The van der Waals surface area contributed by atoms with Crippen molar-refractivity contribution in [2.45, 2.75) is 25.7 Å². The Kier molecular flexibility index (Phi) is 3.91.